The highest BCUT2D eigenvalue weighted by Crippen LogP contribution is 2.36. The van der Waals surface area contributed by atoms with Gasteiger partial charge in [-0.1, -0.05) is 18.2 Å². The molecule has 0 bridgehead atoms. The van der Waals surface area contributed by atoms with Gasteiger partial charge in [0.15, 0.2) is 0 Å². The van der Waals surface area contributed by atoms with E-state index in [0.717, 1.165) is 11.3 Å². The Kier molecular flexibility index (Phi) is 7.41. The van der Waals surface area contributed by atoms with Crippen LogP contribution in [0.2, 0.25) is 0 Å². The molecule has 4 aromatic rings. The first-order valence-corrected chi connectivity index (χ1v) is 12.3. The summed E-state index contributed by atoms with van der Waals surface area (Å²) in [7, 11) is 3.12. The number of thiophene rings is 1. The van der Waals surface area contributed by atoms with Gasteiger partial charge in [-0.25, -0.2) is 9.78 Å². The number of amides is 1. The van der Waals surface area contributed by atoms with E-state index in [1.165, 1.54) is 0 Å². The maximum absolute atomic E-state index is 13.6. The lowest BCUT2D eigenvalue weighted by Crippen LogP contribution is -2.13. The summed E-state index contributed by atoms with van der Waals surface area (Å²) in [6.07, 6.45) is -0.311. The Labute approximate surface area is 218 Å². The number of ether oxygens (including phenoxy) is 3. The van der Waals surface area contributed by atoms with E-state index in [1.807, 2.05) is 30.3 Å². The van der Waals surface area contributed by atoms with Gasteiger partial charge < -0.3 is 19.5 Å². The molecule has 9 heteroatoms. The molecule has 4 rings (SSSR count). The first-order chi connectivity index (χ1) is 17.8. The first kappa shape index (κ1) is 25.7. The average Bonchev–Trinajstić information content (AvgIpc) is 3.21. The van der Waals surface area contributed by atoms with Crippen molar-refractivity contribution in [3.05, 3.63) is 70.1 Å². The molecule has 0 fully saturated rings. The molecular weight excluding hydrogens is 490 g/mol. The molecule has 0 spiro atoms. The molecule has 8 nitrogen and oxygen atoms in total. The second-order valence-corrected chi connectivity index (χ2v) is 9.44. The Morgan fingerprint density at radius 3 is 2.51 bits per heavy atom. The Bertz CT molecular complexity index is 1550. The minimum absolute atomic E-state index is 0.226. The first-order valence-electron chi connectivity index (χ1n) is 11.4. The molecule has 0 unspecified atom stereocenters. The van der Waals surface area contributed by atoms with Gasteiger partial charge in [-0.05, 0) is 50.6 Å². The maximum atomic E-state index is 13.6. The number of nitrogens with one attached hydrogen (secondary N) is 1. The summed E-state index contributed by atoms with van der Waals surface area (Å²) in [6, 6.07) is 16.4. The molecule has 0 saturated carbocycles. The number of hydrogen-bond donors (Lipinski definition) is 1. The van der Waals surface area contributed by atoms with Crippen LogP contribution >= 0.6 is 11.3 Å². The van der Waals surface area contributed by atoms with E-state index in [1.54, 1.807) is 53.2 Å². The molecule has 0 aliphatic carbocycles. The molecular formula is C28H25N3O5S. The number of methoxy groups -OCH3 is 2. The Morgan fingerprint density at radius 1 is 1.08 bits per heavy atom. The fourth-order valence-electron chi connectivity index (χ4n) is 3.88. The van der Waals surface area contributed by atoms with Crippen molar-refractivity contribution in [1.82, 2.24) is 4.98 Å². The van der Waals surface area contributed by atoms with E-state index in [2.05, 4.69) is 11.4 Å². The summed E-state index contributed by atoms with van der Waals surface area (Å²) in [5, 5.41) is 13.5. The molecule has 0 aliphatic rings. The van der Waals surface area contributed by atoms with Crippen molar-refractivity contribution < 1.29 is 23.8 Å². The van der Waals surface area contributed by atoms with E-state index in [9.17, 15) is 14.9 Å². The van der Waals surface area contributed by atoms with E-state index >= 15 is 0 Å². The summed E-state index contributed by atoms with van der Waals surface area (Å²) in [4.78, 5) is 31.2. The van der Waals surface area contributed by atoms with Crippen molar-refractivity contribution in [2.75, 3.05) is 19.5 Å². The molecule has 0 atom stereocenters. The number of anilines is 1. The Morgan fingerprint density at radius 2 is 1.84 bits per heavy atom. The third-order valence-corrected chi connectivity index (χ3v) is 6.85. The van der Waals surface area contributed by atoms with Crippen LogP contribution in [0.5, 0.6) is 11.5 Å². The highest BCUT2D eigenvalue weighted by atomic mass is 32.1. The van der Waals surface area contributed by atoms with E-state index in [0.29, 0.717) is 44.8 Å². The largest absolute Gasteiger partial charge is 0.497 e. The highest BCUT2D eigenvalue weighted by molar-refractivity contribution is 7.18. The molecule has 2 heterocycles. The zero-order chi connectivity index (χ0) is 26.7. The van der Waals surface area contributed by atoms with Gasteiger partial charge in [0.2, 0.25) is 0 Å². The van der Waals surface area contributed by atoms with Gasteiger partial charge in [-0.2, -0.15) is 5.26 Å². The third kappa shape index (κ3) is 5.10. The molecule has 0 radical (unpaired) electrons. The number of aromatic nitrogens is 1. The number of benzene rings is 2. The zero-order valence-corrected chi connectivity index (χ0v) is 21.9. The molecule has 2 aromatic heterocycles. The van der Waals surface area contributed by atoms with E-state index in [4.69, 9.17) is 19.2 Å². The number of esters is 1. The average molecular weight is 516 g/mol. The number of fused-ring (bicyclic) bond motifs is 1. The zero-order valence-electron chi connectivity index (χ0n) is 21.0. The molecule has 0 aliphatic heterocycles. The van der Waals surface area contributed by atoms with Crippen LogP contribution in [-0.4, -0.2) is 37.2 Å². The molecule has 2 aromatic carbocycles. The molecule has 0 saturated heterocycles. The summed E-state index contributed by atoms with van der Waals surface area (Å²) in [5.41, 5.74) is 2.90. The Balaban J connectivity index is 1.79. The van der Waals surface area contributed by atoms with Gasteiger partial charge in [0, 0.05) is 17.0 Å². The van der Waals surface area contributed by atoms with Gasteiger partial charge in [0.1, 0.15) is 27.4 Å². The number of carbonyl (C=O) groups excluding carboxylic acids is 2. The molecule has 188 valence electrons. The van der Waals surface area contributed by atoms with Crippen LogP contribution in [0.3, 0.4) is 0 Å². The van der Waals surface area contributed by atoms with Crippen molar-refractivity contribution in [1.29, 1.82) is 5.26 Å². The van der Waals surface area contributed by atoms with E-state index in [-0.39, 0.29) is 21.5 Å². The smallest absolute Gasteiger partial charge is 0.348 e. The number of carbonyl (C=O) groups is 2. The standard InChI is InChI=1S/C28H25N3O5S/c1-15(2)36-28(33)25-16(3)21(14-29)27(37-25)31-26(32)20-13-23(30-22-9-7-6-8-18(20)22)19-11-10-17(34-4)12-24(19)35-5/h6-13,15H,1-5H3,(H,31,32). The summed E-state index contributed by atoms with van der Waals surface area (Å²) < 4.78 is 16.1. The van der Waals surface area contributed by atoms with Crippen molar-refractivity contribution in [3.8, 4) is 28.8 Å². The lowest BCUT2D eigenvalue weighted by atomic mass is 10.0. The molecule has 1 N–H and O–H groups in total. The number of nitrogens with zero attached hydrogens (tertiary/aromatic N) is 2. The third-order valence-electron chi connectivity index (χ3n) is 5.66. The fraction of sp³-hybridized carbons (Fsp3) is 0.214. The van der Waals surface area contributed by atoms with Crippen LogP contribution in [0.1, 0.15) is 45.0 Å². The number of hydrogen-bond acceptors (Lipinski definition) is 8. The van der Waals surface area contributed by atoms with Crippen LogP contribution < -0.4 is 14.8 Å². The van der Waals surface area contributed by atoms with Crippen molar-refractivity contribution in [3.63, 3.8) is 0 Å². The summed E-state index contributed by atoms with van der Waals surface area (Å²) in [6.45, 7) is 5.16. The normalized spacial score (nSPS) is 10.7. The van der Waals surface area contributed by atoms with Gasteiger partial charge in [0.25, 0.3) is 5.91 Å². The lowest BCUT2D eigenvalue weighted by molar-refractivity contribution is 0.0383. The number of nitriles is 1. The predicted octanol–water partition coefficient (Wildman–Crippen LogP) is 5.98. The van der Waals surface area contributed by atoms with Crippen molar-refractivity contribution in [2.24, 2.45) is 0 Å². The van der Waals surface area contributed by atoms with E-state index < -0.39 is 11.9 Å². The quantitative estimate of drug-likeness (QED) is 0.302. The highest BCUT2D eigenvalue weighted by Gasteiger charge is 2.24. The molecule has 1 amide bonds. The molecule has 37 heavy (non-hydrogen) atoms. The summed E-state index contributed by atoms with van der Waals surface area (Å²) >= 11 is 1.02. The predicted molar refractivity (Wildman–Crippen MR) is 143 cm³/mol. The van der Waals surface area contributed by atoms with Crippen LogP contribution in [0.15, 0.2) is 48.5 Å². The van der Waals surface area contributed by atoms with Crippen LogP contribution in [-0.2, 0) is 4.74 Å². The van der Waals surface area contributed by atoms with Crippen molar-refractivity contribution in [2.45, 2.75) is 26.9 Å². The topological polar surface area (TPSA) is 111 Å². The van der Waals surface area contributed by atoms with Gasteiger partial charge >= 0.3 is 5.97 Å². The number of pyridine rings is 1. The van der Waals surface area contributed by atoms with Crippen LogP contribution in [0, 0.1) is 18.3 Å². The Hall–Kier alpha value is -4.42. The lowest BCUT2D eigenvalue weighted by Gasteiger charge is -2.13. The van der Waals surface area contributed by atoms with Crippen LogP contribution in [0.25, 0.3) is 22.2 Å². The van der Waals surface area contributed by atoms with Gasteiger partial charge in [-0.15, -0.1) is 11.3 Å². The minimum atomic E-state index is -0.530. The second-order valence-electron chi connectivity index (χ2n) is 8.42. The number of rotatable bonds is 7. The van der Waals surface area contributed by atoms with Gasteiger partial charge in [-0.3, -0.25) is 4.79 Å². The minimum Gasteiger partial charge on any atom is -0.497 e. The fourth-order valence-corrected chi connectivity index (χ4v) is 4.92. The SMILES string of the molecule is COc1ccc(-c2cc(C(=O)Nc3sc(C(=O)OC(C)C)c(C)c3C#N)c3ccccc3n2)c(OC)c1. The monoisotopic (exact) mass is 515 g/mol. The van der Waals surface area contributed by atoms with Crippen LogP contribution in [0.4, 0.5) is 5.00 Å². The second kappa shape index (κ2) is 10.7. The summed E-state index contributed by atoms with van der Waals surface area (Å²) in [5.74, 6) is 0.206. The number of para-hydroxylation sites is 1. The van der Waals surface area contributed by atoms with Gasteiger partial charge in [0.05, 0.1) is 42.7 Å². The maximum Gasteiger partial charge on any atom is 0.348 e. The van der Waals surface area contributed by atoms with Crippen molar-refractivity contribution >= 4 is 39.1 Å².